The van der Waals surface area contributed by atoms with E-state index >= 15 is 0 Å². The normalized spacial score (nSPS) is 28.1. The molecule has 1 aromatic rings. The molecule has 0 aromatic heterocycles. The van der Waals surface area contributed by atoms with Crippen LogP contribution >= 0.6 is 0 Å². The molecule has 0 aliphatic carbocycles. The molecule has 5 N–H and O–H groups in total. The van der Waals surface area contributed by atoms with Crippen molar-refractivity contribution in [2.45, 2.75) is 58.0 Å². The fraction of sp³-hybridized carbons (Fsp3) is 0.619. The first-order chi connectivity index (χ1) is 13.2. The Hall–Kier alpha value is -1.60. The van der Waals surface area contributed by atoms with E-state index in [2.05, 4.69) is 58.6 Å². The van der Waals surface area contributed by atoms with E-state index < -0.39 is 0 Å². The molecule has 148 valence electrons. The summed E-state index contributed by atoms with van der Waals surface area (Å²) >= 11 is 0. The number of hydrogen-bond donors (Lipinski definition) is 5. The number of allylic oxidation sites excluding steroid dienone is 1. The number of nitrogens with one attached hydrogen (secondary N) is 5. The van der Waals surface area contributed by atoms with Crippen LogP contribution in [0, 0.1) is 0 Å². The second-order valence-electron chi connectivity index (χ2n) is 7.81. The third-order valence-electron chi connectivity index (χ3n) is 5.59. The Morgan fingerprint density at radius 3 is 3.04 bits per heavy atom. The predicted molar refractivity (Wildman–Crippen MR) is 111 cm³/mol. The molecular formula is C21H33N5O. The van der Waals surface area contributed by atoms with Crippen molar-refractivity contribution in [3.63, 3.8) is 0 Å². The summed E-state index contributed by atoms with van der Waals surface area (Å²) in [7, 11) is 0. The molecule has 3 atom stereocenters. The molecule has 0 saturated carbocycles. The van der Waals surface area contributed by atoms with Gasteiger partial charge in [0.2, 0.25) is 0 Å². The van der Waals surface area contributed by atoms with Crippen LogP contribution < -0.4 is 31.3 Å². The van der Waals surface area contributed by atoms with Gasteiger partial charge in [-0.3, -0.25) is 10.6 Å². The van der Waals surface area contributed by atoms with Crippen molar-refractivity contribution in [1.82, 2.24) is 21.3 Å². The van der Waals surface area contributed by atoms with Crippen LogP contribution in [-0.4, -0.2) is 44.7 Å². The third-order valence-corrected chi connectivity index (χ3v) is 5.59. The summed E-state index contributed by atoms with van der Waals surface area (Å²) in [5.41, 5.74) is 5.15. The van der Waals surface area contributed by atoms with Gasteiger partial charge in [-0.2, -0.15) is 0 Å². The van der Waals surface area contributed by atoms with E-state index in [0.29, 0.717) is 12.2 Å². The van der Waals surface area contributed by atoms with Crippen molar-refractivity contribution >= 4 is 11.3 Å². The second kappa shape index (κ2) is 8.61. The molecule has 6 nitrogen and oxygen atoms in total. The molecule has 1 fully saturated rings. The van der Waals surface area contributed by atoms with Gasteiger partial charge in [0.25, 0.3) is 0 Å². The average molecular weight is 372 g/mol. The lowest BCUT2D eigenvalue weighted by Crippen LogP contribution is -2.64. The van der Waals surface area contributed by atoms with Crippen LogP contribution in [0.4, 0.5) is 5.69 Å². The van der Waals surface area contributed by atoms with Gasteiger partial charge in [-0.15, -0.1) is 0 Å². The quantitative estimate of drug-likeness (QED) is 0.545. The number of hydrogen-bond acceptors (Lipinski definition) is 6. The van der Waals surface area contributed by atoms with Gasteiger partial charge < -0.3 is 20.7 Å². The van der Waals surface area contributed by atoms with Gasteiger partial charge in [-0.1, -0.05) is 13.0 Å². The lowest BCUT2D eigenvalue weighted by atomic mass is 9.96. The van der Waals surface area contributed by atoms with Crippen LogP contribution in [0.5, 0.6) is 5.75 Å². The minimum absolute atomic E-state index is 0.0517. The number of benzene rings is 1. The molecule has 4 rings (SSSR count). The maximum atomic E-state index is 6.00. The van der Waals surface area contributed by atoms with Gasteiger partial charge in [-0.25, -0.2) is 0 Å². The summed E-state index contributed by atoms with van der Waals surface area (Å²) in [6.07, 6.45) is 7.06. The molecule has 6 heteroatoms. The Bertz CT molecular complexity index is 689. The van der Waals surface area contributed by atoms with E-state index in [-0.39, 0.29) is 6.29 Å². The Morgan fingerprint density at radius 2 is 2.15 bits per heavy atom. The summed E-state index contributed by atoms with van der Waals surface area (Å²) in [6, 6.07) is 4.99. The zero-order valence-corrected chi connectivity index (χ0v) is 16.5. The molecule has 0 amide bonds. The van der Waals surface area contributed by atoms with Crippen molar-refractivity contribution in [1.29, 1.82) is 0 Å². The number of fused-ring (bicyclic) bond motifs is 1. The minimum Gasteiger partial charge on any atom is -0.492 e. The highest BCUT2D eigenvalue weighted by Gasteiger charge is 2.26. The van der Waals surface area contributed by atoms with Gasteiger partial charge in [0, 0.05) is 35.8 Å². The zero-order valence-electron chi connectivity index (χ0n) is 16.5. The molecule has 1 aromatic carbocycles. The first-order valence-corrected chi connectivity index (χ1v) is 10.4. The highest BCUT2D eigenvalue weighted by atomic mass is 16.5. The molecule has 3 aliphatic heterocycles. The van der Waals surface area contributed by atoms with E-state index in [1.54, 1.807) is 0 Å². The summed E-state index contributed by atoms with van der Waals surface area (Å²) in [4.78, 5) is 0. The summed E-state index contributed by atoms with van der Waals surface area (Å²) in [5.74, 6) is 1.09. The predicted octanol–water partition coefficient (Wildman–Crippen LogP) is 1.99. The van der Waals surface area contributed by atoms with Crippen molar-refractivity contribution in [2.75, 3.05) is 31.6 Å². The molecule has 0 radical (unpaired) electrons. The first-order valence-electron chi connectivity index (χ1n) is 10.4. The van der Waals surface area contributed by atoms with Gasteiger partial charge in [0.1, 0.15) is 12.0 Å². The van der Waals surface area contributed by atoms with Gasteiger partial charge in [-0.05, 0) is 57.0 Å². The van der Waals surface area contributed by atoms with Crippen LogP contribution in [0.25, 0.3) is 5.57 Å². The number of rotatable bonds is 5. The lowest BCUT2D eigenvalue weighted by molar-refractivity contribution is 0.242. The summed E-state index contributed by atoms with van der Waals surface area (Å²) < 4.78 is 6.00. The van der Waals surface area contributed by atoms with Crippen LogP contribution in [0.1, 0.15) is 44.2 Å². The minimum atomic E-state index is 0.0517. The van der Waals surface area contributed by atoms with Crippen LogP contribution in [0.3, 0.4) is 0 Å². The van der Waals surface area contributed by atoms with Crippen LogP contribution in [0.2, 0.25) is 0 Å². The van der Waals surface area contributed by atoms with E-state index in [4.69, 9.17) is 4.74 Å². The van der Waals surface area contributed by atoms with E-state index in [1.807, 2.05) is 0 Å². The van der Waals surface area contributed by atoms with Crippen molar-refractivity contribution in [3.8, 4) is 5.75 Å². The maximum Gasteiger partial charge on any atom is 0.133 e. The highest BCUT2D eigenvalue weighted by molar-refractivity contribution is 5.76. The Kier molecular flexibility index (Phi) is 5.98. The molecule has 27 heavy (non-hydrogen) atoms. The molecule has 0 bridgehead atoms. The van der Waals surface area contributed by atoms with Gasteiger partial charge >= 0.3 is 0 Å². The number of ether oxygens (including phenoxy) is 1. The molecule has 3 heterocycles. The van der Waals surface area contributed by atoms with Gasteiger partial charge in [0.05, 0.1) is 12.8 Å². The van der Waals surface area contributed by atoms with E-state index in [9.17, 15) is 0 Å². The summed E-state index contributed by atoms with van der Waals surface area (Å²) in [5, 5.41) is 17.9. The van der Waals surface area contributed by atoms with Crippen molar-refractivity contribution < 1.29 is 4.74 Å². The molecule has 3 unspecified atom stereocenters. The topological polar surface area (TPSA) is 69.4 Å². The van der Waals surface area contributed by atoms with Crippen molar-refractivity contribution in [3.05, 3.63) is 29.3 Å². The van der Waals surface area contributed by atoms with Crippen LogP contribution in [0.15, 0.2) is 18.2 Å². The SMILES string of the molecule is CCNC1CC(C)NC(Nc2cc3c(c(C4=CCNCCC4)c2)OCC3)N1. The Labute approximate surface area is 162 Å². The third kappa shape index (κ3) is 4.46. The van der Waals surface area contributed by atoms with E-state index in [0.717, 1.165) is 56.9 Å². The fourth-order valence-electron chi connectivity index (χ4n) is 4.34. The maximum absolute atomic E-state index is 6.00. The first kappa shape index (κ1) is 18.7. The largest absolute Gasteiger partial charge is 0.492 e. The molecule has 3 aliphatic rings. The number of anilines is 1. The lowest BCUT2D eigenvalue weighted by Gasteiger charge is -2.37. The Morgan fingerprint density at radius 1 is 1.22 bits per heavy atom. The average Bonchev–Trinajstić information content (AvgIpc) is 2.94. The van der Waals surface area contributed by atoms with Gasteiger partial charge in [0.15, 0.2) is 0 Å². The fourth-order valence-corrected chi connectivity index (χ4v) is 4.34. The smallest absolute Gasteiger partial charge is 0.133 e. The van der Waals surface area contributed by atoms with Crippen molar-refractivity contribution in [2.24, 2.45) is 0 Å². The second-order valence-corrected chi connectivity index (χ2v) is 7.81. The highest BCUT2D eigenvalue weighted by Crippen LogP contribution is 2.38. The van der Waals surface area contributed by atoms with Crippen LogP contribution in [-0.2, 0) is 6.42 Å². The summed E-state index contributed by atoms with van der Waals surface area (Å²) in [6.45, 7) is 8.18. The molecular weight excluding hydrogens is 338 g/mol. The monoisotopic (exact) mass is 371 g/mol. The molecule has 0 spiro atoms. The zero-order chi connectivity index (χ0) is 18.6. The standard InChI is InChI=1S/C21H33N5O/c1-3-23-19-11-14(2)24-21(26-19)25-17-12-16-7-10-27-20(16)18(13-17)15-5-4-8-22-9-6-15/h6,12-14,19,21-26H,3-5,7-11H2,1-2H3. The Balaban J connectivity index is 1.56. The van der Waals surface area contributed by atoms with E-state index in [1.165, 1.54) is 23.1 Å². The molecule has 1 saturated heterocycles.